The lowest BCUT2D eigenvalue weighted by Gasteiger charge is -2.10. The number of nitrogens with one attached hydrogen (secondary N) is 2. The first-order valence-electron chi connectivity index (χ1n) is 6.71. The summed E-state index contributed by atoms with van der Waals surface area (Å²) in [6, 6.07) is 7.98. The average molecular weight is 275 g/mol. The Labute approximate surface area is 119 Å². The molecule has 2 aromatic rings. The SMILES string of the molecule is COCCNCCNc1nccc2cc(OC)ccc12. The first-order valence-corrected chi connectivity index (χ1v) is 6.71. The normalized spacial score (nSPS) is 10.7. The highest BCUT2D eigenvalue weighted by atomic mass is 16.5. The molecule has 0 aliphatic heterocycles. The molecule has 0 saturated heterocycles. The maximum Gasteiger partial charge on any atom is 0.133 e. The minimum Gasteiger partial charge on any atom is -0.497 e. The number of anilines is 1. The number of fused-ring (bicyclic) bond motifs is 1. The van der Waals surface area contributed by atoms with E-state index < -0.39 is 0 Å². The monoisotopic (exact) mass is 275 g/mol. The number of hydrogen-bond donors (Lipinski definition) is 2. The van der Waals surface area contributed by atoms with Gasteiger partial charge in [-0.1, -0.05) is 0 Å². The zero-order chi connectivity index (χ0) is 14.2. The molecule has 2 rings (SSSR count). The van der Waals surface area contributed by atoms with Gasteiger partial charge in [-0.05, 0) is 29.7 Å². The topological polar surface area (TPSA) is 55.4 Å². The highest BCUT2D eigenvalue weighted by Crippen LogP contribution is 2.24. The largest absolute Gasteiger partial charge is 0.497 e. The number of nitrogens with zero attached hydrogens (tertiary/aromatic N) is 1. The second-order valence-corrected chi connectivity index (χ2v) is 4.42. The van der Waals surface area contributed by atoms with Crippen molar-refractivity contribution in [3.63, 3.8) is 0 Å². The van der Waals surface area contributed by atoms with E-state index >= 15 is 0 Å². The van der Waals surface area contributed by atoms with Crippen LogP contribution in [0.15, 0.2) is 30.5 Å². The summed E-state index contributed by atoms with van der Waals surface area (Å²) in [5, 5.41) is 8.86. The Morgan fingerprint density at radius 2 is 2.00 bits per heavy atom. The van der Waals surface area contributed by atoms with Crippen LogP contribution in [-0.4, -0.2) is 45.4 Å². The number of rotatable bonds is 8. The number of methoxy groups -OCH3 is 2. The van der Waals surface area contributed by atoms with Gasteiger partial charge in [0.05, 0.1) is 13.7 Å². The fourth-order valence-corrected chi connectivity index (χ4v) is 1.99. The molecule has 1 aromatic heterocycles. The zero-order valence-electron chi connectivity index (χ0n) is 12.0. The molecule has 0 fully saturated rings. The first-order chi connectivity index (χ1) is 9.85. The molecule has 0 aliphatic carbocycles. The van der Waals surface area contributed by atoms with Crippen LogP contribution in [0.2, 0.25) is 0 Å². The molecule has 0 unspecified atom stereocenters. The maximum atomic E-state index is 5.24. The summed E-state index contributed by atoms with van der Waals surface area (Å²) < 4.78 is 10.2. The summed E-state index contributed by atoms with van der Waals surface area (Å²) in [6.45, 7) is 3.28. The lowest BCUT2D eigenvalue weighted by atomic mass is 10.1. The molecule has 0 saturated carbocycles. The molecule has 0 radical (unpaired) electrons. The second-order valence-electron chi connectivity index (χ2n) is 4.42. The van der Waals surface area contributed by atoms with Crippen molar-refractivity contribution >= 4 is 16.6 Å². The molecule has 0 atom stereocenters. The second kappa shape index (κ2) is 7.67. The van der Waals surface area contributed by atoms with Crippen LogP contribution in [0.25, 0.3) is 10.8 Å². The van der Waals surface area contributed by atoms with Gasteiger partial charge in [-0.2, -0.15) is 0 Å². The Morgan fingerprint density at radius 3 is 2.80 bits per heavy atom. The van der Waals surface area contributed by atoms with Crippen molar-refractivity contribution < 1.29 is 9.47 Å². The van der Waals surface area contributed by atoms with E-state index in [0.29, 0.717) is 0 Å². The molecule has 0 bridgehead atoms. The number of hydrogen-bond acceptors (Lipinski definition) is 5. The van der Waals surface area contributed by atoms with Gasteiger partial charge in [-0.3, -0.25) is 0 Å². The molecule has 1 heterocycles. The van der Waals surface area contributed by atoms with E-state index in [4.69, 9.17) is 9.47 Å². The van der Waals surface area contributed by atoms with Gasteiger partial charge in [-0.25, -0.2) is 4.98 Å². The Balaban J connectivity index is 1.96. The van der Waals surface area contributed by atoms with Gasteiger partial charge in [0.2, 0.25) is 0 Å². The number of ether oxygens (including phenoxy) is 2. The van der Waals surface area contributed by atoms with Crippen LogP contribution in [0.3, 0.4) is 0 Å². The fourth-order valence-electron chi connectivity index (χ4n) is 1.99. The fraction of sp³-hybridized carbons (Fsp3) is 0.400. The molecule has 108 valence electrons. The third-order valence-corrected chi connectivity index (χ3v) is 3.05. The first kappa shape index (κ1) is 14.6. The standard InChI is InChI=1S/C15H21N3O2/c1-19-10-9-16-7-8-18-15-14-4-3-13(20-2)11-12(14)5-6-17-15/h3-6,11,16H,7-10H2,1-2H3,(H,17,18). The number of pyridine rings is 1. The quantitative estimate of drug-likeness (QED) is 0.721. The van der Waals surface area contributed by atoms with Gasteiger partial charge >= 0.3 is 0 Å². The molecule has 0 amide bonds. The molecular weight excluding hydrogens is 254 g/mol. The van der Waals surface area contributed by atoms with Crippen molar-refractivity contribution in [3.8, 4) is 5.75 Å². The van der Waals surface area contributed by atoms with Crippen molar-refractivity contribution in [2.45, 2.75) is 0 Å². The van der Waals surface area contributed by atoms with Gasteiger partial charge in [0.1, 0.15) is 11.6 Å². The van der Waals surface area contributed by atoms with Gasteiger partial charge in [0.15, 0.2) is 0 Å². The number of benzene rings is 1. The van der Waals surface area contributed by atoms with Crippen LogP contribution < -0.4 is 15.4 Å². The van der Waals surface area contributed by atoms with Crippen LogP contribution in [0, 0.1) is 0 Å². The zero-order valence-corrected chi connectivity index (χ0v) is 12.0. The Morgan fingerprint density at radius 1 is 1.10 bits per heavy atom. The van der Waals surface area contributed by atoms with E-state index in [1.54, 1.807) is 14.2 Å². The molecular formula is C15H21N3O2. The molecule has 20 heavy (non-hydrogen) atoms. The minimum absolute atomic E-state index is 0.728. The lowest BCUT2D eigenvalue weighted by molar-refractivity contribution is 0.200. The summed E-state index contributed by atoms with van der Waals surface area (Å²) in [6.07, 6.45) is 1.81. The third kappa shape index (κ3) is 3.82. The van der Waals surface area contributed by atoms with Gasteiger partial charge in [0.25, 0.3) is 0 Å². The van der Waals surface area contributed by atoms with Crippen LogP contribution >= 0.6 is 0 Å². The third-order valence-electron chi connectivity index (χ3n) is 3.05. The van der Waals surface area contributed by atoms with Crippen molar-refractivity contribution in [2.24, 2.45) is 0 Å². The maximum absolute atomic E-state index is 5.24. The average Bonchev–Trinajstić information content (AvgIpc) is 2.50. The van der Waals surface area contributed by atoms with Crippen LogP contribution in [0.5, 0.6) is 5.75 Å². The van der Waals surface area contributed by atoms with Crippen LogP contribution in [0.4, 0.5) is 5.82 Å². The Hall–Kier alpha value is -1.85. The van der Waals surface area contributed by atoms with Gasteiger partial charge in [0, 0.05) is 38.3 Å². The Bertz CT molecular complexity index is 546. The van der Waals surface area contributed by atoms with Crippen molar-refractivity contribution in [3.05, 3.63) is 30.5 Å². The minimum atomic E-state index is 0.728. The molecule has 5 nitrogen and oxygen atoms in total. The molecule has 1 aromatic carbocycles. The molecule has 5 heteroatoms. The van der Waals surface area contributed by atoms with Gasteiger partial charge < -0.3 is 20.1 Å². The van der Waals surface area contributed by atoms with Crippen molar-refractivity contribution in [2.75, 3.05) is 45.8 Å². The molecule has 0 spiro atoms. The van der Waals surface area contributed by atoms with E-state index in [9.17, 15) is 0 Å². The van der Waals surface area contributed by atoms with E-state index in [1.165, 1.54) is 0 Å². The Kier molecular flexibility index (Phi) is 5.58. The van der Waals surface area contributed by atoms with E-state index in [1.807, 2.05) is 30.5 Å². The van der Waals surface area contributed by atoms with Gasteiger partial charge in [-0.15, -0.1) is 0 Å². The van der Waals surface area contributed by atoms with E-state index in [0.717, 1.165) is 48.6 Å². The summed E-state index contributed by atoms with van der Waals surface area (Å²) in [7, 11) is 3.38. The highest BCUT2D eigenvalue weighted by Gasteiger charge is 2.02. The summed E-state index contributed by atoms with van der Waals surface area (Å²) in [5.74, 6) is 1.76. The summed E-state index contributed by atoms with van der Waals surface area (Å²) in [4.78, 5) is 4.39. The molecule has 0 aliphatic rings. The summed E-state index contributed by atoms with van der Waals surface area (Å²) >= 11 is 0. The van der Waals surface area contributed by atoms with Crippen molar-refractivity contribution in [1.29, 1.82) is 0 Å². The van der Waals surface area contributed by atoms with E-state index in [-0.39, 0.29) is 0 Å². The smallest absolute Gasteiger partial charge is 0.133 e. The molecule has 2 N–H and O–H groups in total. The predicted octanol–water partition coefficient (Wildman–Crippen LogP) is 1.89. The number of aromatic nitrogens is 1. The lowest BCUT2D eigenvalue weighted by Crippen LogP contribution is -2.25. The van der Waals surface area contributed by atoms with Crippen LogP contribution in [0.1, 0.15) is 0 Å². The summed E-state index contributed by atoms with van der Waals surface area (Å²) in [5.41, 5.74) is 0. The predicted molar refractivity (Wildman–Crippen MR) is 81.5 cm³/mol. The van der Waals surface area contributed by atoms with Crippen molar-refractivity contribution in [1.82, 2.24) is 10.3 Å². The van der Waals surface area contributed by atoms with Crippen LogP contribution in [-0.2, 0) is 4.74 Å². The van der Waals surface area contributed by atoms with E-state index in [2.05, 4.69) is 15.6 Å². The highest BCUT2D eigenvalue weighted by molar-refractivity contribution is 5.92.